The van der Waals surface area contributed by atoms with E-state index in [0.29, 0.717) is 17.8 Å². The van der Waals surface area contributed by atoms with E-state index in [4.69, 9.17) is 23.9 Å². The number of fused-ring (bicyclic) bond motifs is 2. The lowest BCUT2D eigenvalue weighted by Crippen LogP contribution is -2.33. The van der Waals surface area contributed by atoms with Crippen LogP contribution in [0.5, 0.6) is 17.2 Å². The Bertz CT molecular complexity index is 1940. The zero-order chi connectivity index (χ0) is 30.5. The number of amides is 1. The minimum absolute atomic E-state index is 0.00724. The minimum atomic E-state index is -0.730. The number of benzene rings is 2. The number of pyridine rings is 2. The Kier molecular flexibility index (Phi) is 8.51. The summed E-state index contributed by atoms with van der Waals surface area (Å²) in [5.41, 5.74) is 1.40. The van der Waals surface area contributed by atoms with Crippen molar-refractivity contribution >= 4 is 28.6 Å². The summed E-state index contributed by atoms with van der Waals surface area (Å²) in [6, 6.07) is 19.2. The average Bonchev–Trinajstić information content (AvgIpc) is 3.04. The molecule has 5 rings (SSSR count). The fraction of sp³-hybridized carbons (Fsp3) is 0.219. The summed E-state index contributed by atoms with van der Waals surface area (Å²) >= 11 is 0. The number of carbonyl (C=O) groups excluding carboxylic acids is 2. The monoisotopic (exact) mass is 582 g/mol. The second-order valence-electron chi connectivity index (χ2n) is 9.40. The van der Waals surface area contributed by atoms with E-state index in [2.05, 4.69) is 4.99 Å². The van der Waals surface area contributed by atoms with Crippen molar-refractivity contribution in [2.45, 2.75) is 19.9 Å². The molecule has 0 atom stereocenters. The quantitative estimate of drug-likeness (QED) is 0.190. The molecule has 0 saturated carbocycles. The third kappa shape index (κ3) is 5.69. The van der Waals surface area contributed by atoms with Gasteiger partial charge >= 0.3 is 5.97 Å². The summed E-state index contributed by atoms with van der Waals surface area (Å²) in [6.45, 7) is 2.00. The minimum Gasteiger partial charge on any atom is -0.493 e. The van der Waals surface area contributed by atoms with Crippen LogP contribution in [0, 0.1) is 0 Å². The van der Waals surface area contributed by atoms with E-state index in [0.717, 1.165) is 5.56 Å². The van der Waals surface area contributed by atoms with Crippen molar-refractivity contribution in [3.05, 3.63) is 105 Å². The largest absolute Gasteiger partial charge is 0.493 e. The number of aryl methyl sites for hydroxylation is 2. The lowest BCUT2D eigenvalue weighted by Gasteiger charge is -2.16. The Hall–Kier alpha value is -5.45. The maximum Gasteiger partial charge on any atom is 0.341 e. The van der Waals surface area contributed by atoms with E-state index in [1.807, 2.05) is 30.3 Å². The van der Waals surface area contributed by atoms with Gasteiger partial charge in [-0.2, -0.15) is 4.99 Å². The molecule has 0 aliphatic carbocycles. The van der Waals surface area contributed by atoms with Crippen molar-refractivity contribution in [1.29, 1.82) is 0 Å². The first-order valence-corrected chi connectivity index (χ1v) is 13.5. The first-order valence-electron chi connectivity index (χ1n) is 13.5. The number of nitrogens with zero attached hydrogens (tertiary/aromatic N) is 4. The van der Waals surface area contributed by atoms with Crippen LogP contribution in [0.1, 0.15) is 33.2 Å². The molecule has 3 heterocycles. The summed E-state index contributed by atoms with van der Waals surface area (Å²) in [5, 5.41) is 0.180. The molecule has 220 valence electrons. The van der Waals surface area contributed by atoms with Crippen LogP contribution in [0.3, 0.4) is 0 Å². The van der Waals surface area contributed by atoms with Crippen molar-refractivity contribution < 1.29 is 28.5 Å². The highest BCUT2D eigenvalue weighted by atomic mass is 16.5. The van der Waals surface area contributed by atoms with E-state index in [1.54, 1.807) is 35.9 Å². The average molecular weight is 583 g/mol. The lowest BCUT2D eigenvalue weighted by molar-refractivity contribution is 0.0523. The van der Waals surface area contributed by atoms with E-state index in [9.17, 15) is 14.4 Å². The number of hydrogen-bond donors (Lipinski definition) is 0. The van der Waals surface area contributed by atoms with Crippen LogP contribution in [-0.4, -0.2) is 53.8 Å². The van der Waals surface area contributed by atoms with Gasteiger partial charge in [-0.3, -0.25) is 14.0 Å². The molecule has 0 fully saturated rings. The molecule has 2 aromatic carbocycles. The van der Waals surface area contributed by atoms with Crippen LogP contribution in [0.25, 0.3) is 16.7 Å². The van der Waals surface area contributed by atoms with Crippen molar-refractivity contribution in [3.8, 4) is 17.2 Å². The molecule has 0 bridgehead atoms. The smallest absolute Gasteiger partial charge is 0.341 e. The fourth-order valence-corrected chi connectivity index (χ4v) is 4.82. The van der Waals surface area contributed by atoms with Crippen molar-refractivity contribution in [2.24, 2.45) is 4.99 Å². The summed E-state index contributed by atoms with van der Waals surface area (Å²) in [4.78, 5) is 49.9. The van der Waals surface area contributed by atoms with Crippen LogP contribution < -0.4 is 25.3 Å². The van der Waals surface area contributed by atoms with Gasteiger partial charge in [0.05, 0.1) is 33.3 Å². The summed E-state index contributed by atoms with van der Waals surface area (Å²) in [6.07, 6.45) is 2.11. The number of hydrogen-bond acceptors (Lipinski definition) is 8. The summed E-state index contributed by atoms with van der Waals surface area (Å²) < 4.78 is 24.6. The van der Waals surface area contributed by atoms with Gasteiger partial charge in [0.15, 0.2) is 17.0 Å². The molecular formula is C32H30N4O7. The van der Waals surface area contributed by atoms with E-state index in [1.165, 1.54) is 43.9 Å². The summed E-state index contributed by atoms with van der Waals surface area (Å²) in [7, 11) is 4.34. The number of esters is 1. The highest BCUT2D eigenvalue weighted by molar-refractivity contribution is 5.98. The van der Waals surface area contributed by atoms with E-state index < -0.39 is 11.9 Å². The van der Waals surface area contributed by atoms with E-state index in [-0.39, 0.29) is 57.9 Å². The van der Waals surface area contributed by atoms with Gasteiger partial charge in [0.1, 0.15) is 16.9 Å². The standard InChI is InChI=1S/C32H30N4O7/c1-5-43-32(39)23-19-22-28(33-26-13-9-10-15-35(26)31(22)38)36(16-14-20-11-7-6-8-12-20)29(23)34-30(37)21-17-24(40-2)27(42-4)25(18-21)41-3/h6-13,15,17-19H,5,14,16H2,1-4H3. The highest BCUT2D eigenvalue weighted by Crippen LogP contribution is 2.38. The van der Waals surface area contributed by atoms with Crippen molar-refractivity contribution in [1.82, 2.24) is 14.0 Å². The zero-order valence-corrected chi connectivity index (χ0v) is 24.2. The predicted molar refractivity (Wildman–Crippen MR) is 159 cm³/mol. The first kappa shape index (κ1) is 29.1. The van der Waals surface area contributed by atoms with Gasteiger partial charge in [0.25, 0.3) is 11.5 Å². The third-order valence-corrected chi connectivity index (χ3v) is 6.87. The van der Waals surface area contributed by atoms with Gasteiger partial charge in [-0.1, -0.05) is 36.4 Å². The Morgan fingerprint density at radius 2 is 1.60 bits per heavy atom. The normalized spacial score (nSPS) is 11.5. The Morgan fingerprint density at radius 3 is 2.26 bits per heavy atom. The molecule has 0 saturated heterocycles. The molecule has 0 aliphatic rings. The number of rotatable bonds is 9. The lowest BCUT2D eigenvalue weighted by atomic mass is 10.1. The van der Waals surface area contributed by atoms with Gasteiger partial charge in [-0.15, -0.1) is 0 Å². The molecule has 5 aromatic rings. The fourth-order valence-electron chi connectivity index (χ4n) is 4.82. The highest BCUT2D eigenvalue weighted by Gasteiger charge is 2.22. The van der Waals surface area contributed by atoms with Crippen molar-refractivity contribution in [3.63, 3.8) is 0 Å². The third-order valence-electron chi connectivity index (χ3n) is 6.87. The first-order chi connectivity index (χ1) is 20.9. The van der Waals surface area contributed by atoms with Crippen LogP contribution in [0.4, 0.5) is 0 Å². The summed E-state index contributed by atoms with van der Waals surface area (Å²) in [5.74, 6) is -0.568. The number of ether oxygens (including phenoxy) is 4. The van der Waals surface area contributed by atoms with Crippen LogP contribution in [0.15, 0.2) is 82.7 Å². The van der Waals surface area contributed by atoms with Crippen LogP contribution >= 0.6 is 0 Å². The maximum atomic E-state index is 13.8. The molecule has 11 heteroatoms. The zero-order valence-electron chi connectivity index (χ0n) is 24.2. The molecule has 0 spiro atoms. The van der Waals surface area contributed by atoms with Gasteiger partial charge in [-0.25, -0.2) is 9.78 Å². The molecule has 0 N–H and O–H groups in total. The Balaban J connectivity index is 1.82. The maximum absolute atomic E-state index is 13.8. The molecule has 43 heavy (non-hydrogen) atoms. The molecule has 11 nitrogen and oxygen atoms in total. The molecule has 0 radical (unpaired) electrons. The number of methoxy groups -OCH3 is 3. The van der Waals surface area contributed by atoms with Gasteiger partial charge < -0.3 is 23.5 Å². The second-order valence-corrected chi connectivity index (χ2v) is 9.40. The van der Waals surface area contributed by atoms with E-state index >= 15 is 0 Å². The Labute approximate surface area is 246 Å². The van der Waals surface area contributed by atoms with Gasteiger partial charge in [0, 0.05) is 18.3 Å². The molecule has 3 aromatic heterocycles. The van der Waals surface area contributed by atoms with Crippen LogP contribution in [0.2, 0.25) is 0 Å². The second kappa shape index (κ2) is 12.6. The molecule has 1 amide bonds. The van der Waals surface area contributed by atoms with Gasteiger partial charge in [-0.05, 0) is 49.2 Å². The topological polar surface area (TPSA) is 123 Å². The number of aromatic nitrogens is 3. The van der Waals surface area contributed by atoms with Crippen molar-refractivity contribution in [2.75, 3.05) is 27.9 Å². The number of carbonyl (C=O) groups is 2. The van der Waals surface area contributed by atoms with Crippen LogP contribution in [-0.2, 0) is 17.7 Å². The molecule has 0 unspecified atom stereocenters. The SMILES string of the molecule is CCOC(=O)c1cc2c(=O)n3ccccc3nc2n(CCc2ccccc2)c1=NC(=O)c1cc(OC)c(OC)c(OC)c1. The molecular weight excluding hydrogens is 552 g/mol. The predicted octanol–water partition coefficient (Wildman–Crippen LogP) is 3.84. The van der Waals surface area contributed by atoms with Gasteiger partial charge in [0.2, 0.25) is 5.75 Å². The molecule has 0 aliphatic heterocycles. The Morgan fingerprint density at radius 1 is 0.907 bits per heavy atom.